The summed E-state index contributed by atoms with van der Waals surface area (Å²) in [6.07, 6.45) is 1.61. The first-order chi connectivity index (χ1) is 6.54. The minimum absolute atomic E-state index is 0. The van der Waals surface area contributed by atoms with E-state index in [1.54, 1.807) is 6.26 Å². The molecule has 0 aromatic rings. The van der Waals surface area contributed by atoms with E-state index in [2.05, 4.69) is 9.61 Å². The van der Waals surface area contributed by atoms with Gasteiger partial charge in [-0.1, -0.05) is 11.4 Å². The summed E-state index contributed by atoms with van der Waals surface area (Å²) < 4.78 is 47.3. The lowest BCUT2D eigenvalue weighted by Gasteiger charge is -2.11. The highest BCUT2D eigenvalue weighted by atomic mass is 32.7. The van der Waals surface area contributed by atoms with E-state index < -0.39 is 17.1 Å². The van der Waals surface area contributed by atoms with Gasteiger partial charge in [-0.05, 0) is 6.26 Å². The fourth-order valence-electron chi connectivity index (χ4n) is 0.359. The van der Waals surface area contributed by atoms with E-state index in [0.717, 1.165) is 11.4 Å². The Kier molecular flexibility index (Phi) is 11.8. The van der Waals surface area contributed by atoms with E-state index in [1.165, 1.54) is 14.0 Å². The molecule has 0 spiro atoms. The highest BCUT2D eigenvalue weighted by Crippen LogP contribution is 2.53. The number of amides is 1. The Morgan fingerprint density at radius 2 is 1.75 bits per heavy atom. The smallest absolute Gasteiger partial charge is 0.344 e. The molecule has 0 aromatic heterocycles. The number of rotatable bonds is 3. The number of nitrogens with one attached hydrogen (secondary N) is 1. The molecule has 1 amide bonds. The first-order valence-corrected chi connectivity index (χ1v) is 8.09. The number of carbonyl (C=O) groups excluding carboxylic acids is 1. The minimum atomic E-state index is -4.67. The number of hydrogen-bond acceptors (Lipinski definition) is 7. The maximum atomic E-state index is 11.2. The molecule has 1 unspecified atom stereocenters. The van der Waals surface area contributed by atoms with E-state index in [1.807, 2.05) is 0 Å². The van der Waals surface area contributed by atoms with Gasteiger partial charge in [0.05, 0.1) is 0 Å². The van der Waals surface area contributed by atoms with Gasteiger partial charge in [0, 0.05) is 14.0 Å². The van der Waals surface area contributed by atoms with Crippen molar-refractivity contribution in [2.75, 3.05) is 13.4 Å². The third kappa shape index (κ3) is 19.4. The highest BCUT2D eigenvalue weighted by Gasteiger charge is 2.20. The van der Waals surface area contributed by atoms with E-state index >= 15 is 0 Å². The predicted octanol–water partition coefficient (Wildman–Crippen LogP) is 0.749. The molecule has 9 nitrogen and oxygen atoms in total. The second-order valence-electron chi connectivity index (χ2n) is 1.98. The zero-order valence-corrected chi connectivity index (χ0v) is 11.4. The SMILES string of the molecule is COP(=O)(NC(C)=O)SC.N.O=S(=O)(O)O. The van der Waals surface area contributed by atoms with Crippen molar-refractivity contribution in [1.82, 2.24) is 11.2 Å². The maximum absolute atomic E-state index is 11.2. The minimum Gasteiger partial charge on any atom is -0.344 e. The Labute approximate surface area is 97.7 Å². The van der Waals surface area contributed by atoms with Crippen LogP contribution in [-0.2, 0) is 24.3 Å². The van der Waals surface area contributed by atoms with Crippen LogP contribution in [0.2, 0.25) is 0 Å². The van der Waals surface area contributed by atoms with Crippen molar-refractivity contribution in [3.63, 3.8) is 0 Å². The molecule has 0 fully saturated rings. The topological polar surface area (TPSA) is 165 Å². The van der Waals surface area contributed by atoms with Crippen molar-refractivity contribution in [3.05, 3.63) is 0 Å². The molecule has 0 aliphatic rings. The Balaban J connectivity index is -0.000000242. The monoisotopic (exact) mass is 298 g/mol. The summed E-state index contributed by atoms with van der Waals surface area (Å²) in [5, 5.41) is 2.21. The van der Waals surface area contributed by atoms with Crippen LogP contribution in [0.15, 0.2) is 0 Å². The van der Waals surface area contributed by atoms with Crippen molar-refractivity contribution in [1.29, 1.82) is 0 Å². The number of hydrogen-bond donors (Lipinski definition) is 4. The first-order valence-electron chi connectivity index (χ1n) is 3.24. The average molecular weight is 298 g/mol. The normalized spacial score (nSPS) is 13.6. The molecule has 6 N–H and O–H groups in total. The van der Waals surface area contributed by atoms with E-state index in [9.17, 15) is 9.36 Å². The summed E-state index contributed by atoms with van der Waals surface area (Å²) >= 11 is 1.00. The molecule has 0 aliphatic heterocycles. The van der Waals surface area contributed by atoms with Crippen LogP contribution < -0.4 is 11.2 Å². The van der Waals surface area contributed by atoms with Crippen molar-refractivity contribution in [2.24, 2.45) is 0 Å². The van der Waals surface area contributed by atoms with E-state index in [0.29, 0.717) is 0 Å². The molecule has 0 aromatic carbocycles. The van der Waals surface area contributed by atoms with Crippen molar-refractivity contribution >= 4 is 34.4 Å². The molecule has 12 heteroatoms. The highest BCUT2D eigenvalue weighted by molar-refractivity contribution is 8.55. The fourth-order valence-corrected chi connectivity index (χ4v) is 2.18. The molecule has 0 saturated heterocycles. The summed E-state index contributed by atoms with van der Waals surface area (Å²) in [6, 6.07) is 0. The molecule has 100 valence electrons. The van der Waals surface area contributed by atoms with Crippen LogP contribution >= 0.6 is 18.1 Å². The molecule has 0 saturated carbocycles. The van der Waals surface area contributed by atoms with Gasteiger partial charge in [0.15, 0.2) is 0 Å². The van der Waals surface area contributed by atoms with Crippen LogP contribution in [0.4, 0.5) is 0 Å². The molecule has 0 aliphatic carbocycles. The quantitative estimate of drug-likeness (QED) is 0.434. The molecular formula is C4H15N2O7PS2. The Morgan fingerprint density at radius 3 is 1.81 bits per heavy atom. The fraction of sp³-hybridized carbons (Fsp3) is 0.750. The summed E-state index contributed by atoms with van der Waals surface area (Å²) in [6.45, 7) is -1.63. The van der Waals surface area contributed by atoms with Crippen LogP contribution in [0.3, 0.4) is 0 Å². The molecule has 1 atom stereocenters. The summed E-state index contributed by atoms with van der Waals surface area (Å²) in [4.78, 5) is 10.4. The van der Waals surface area contributed by atoms with Crippen LogP contribution in [0.25, 0.3) is 0 Å². The Morgan fingerprint density at radius 1 is 1.44 bits per heavy atom. The zero-order valence-electron chi connectivity index (χ0n) is 8.91. The van der Waals surface area contributed by atoms with Gasteiger partial charge in [-0.25, -0.2) is 0 Å². The maximum Gasteiger partial charge on any atom is 0.394 e. The van der Waals surface area contributed by atoms with Gasteiger partial charge < -0.3 is 10.7 Å². The van der Waals surface area contributed by atoms with Crippen molar-refractivity contribution in [2.45, 2.75) is 6.92 Å². The first kappa shape index (κ1) is 21.2. The molecule has 0 bridgehead atoms. The lowest BCUT2D eigenvalue weighted by atomic mass is 10.8. The van der Waals surface area contributed by atoms with Crippen molar-refractivity contribution in [3.8, 4) is 0 Å². The zero-order chi connectivity index (χ0) is 12.7. The van der Waals surface area contributed by atoms with Crippen molar-refractivity contribution < 1.29 is 31.4 Å². The summed E-state index contributed by atoms with van der Waals surface area (Å²) in [5.41, 5.74) is 0. The van der Waals surface area contributed by atoms with Gasteiger partial charge in [-0.3, -0.25) is 23.6 Å². The van der Waals surface area contributed by atoms with Crippen LogP contribution in [0, 0.1) is 0 Å². The van der Waals surface area contributed by atoms with Crippen LogP contribution in [0.5, 0.6) is 0 Å². The van der Waals surface area contributed by atoms with Gasteiger partial charge in [-0.2, -0.15) is 8.42 Å². The van der Waals surface area contributed by atoms with E-state index in [-0.39, 0.29) is 12.1 Å². The number of carbonyl (C=O) groups is 1. The van der Waals surface area contributed by atoms with Crippen LogP contribution in [0.1, 0.15) is 6.92 Å². The van der Waals surface area contributed by atoms with Crippen LogP contribution in [-0.4, -0.2) is 36.8 Å². The largest absolute Gasteiger partial charge is 0.394 e. The second-order valence-corrected chi connectivity index (χ2v) is 7.36. The molecular weight excluding hydrogens is 283 g/mol. The summed E-state index contributed by atoms with van der Waals surface area (Å²) in [7, 11) is -3.37. The Bertz CT molecular complexity index is 326. The van der Waals surface area contributed by atoms with Gasteiger partial charge in [0.25, 0.3) is 0 Å². The molecule has 0 rings (SSSR count). The lowest BCUT2D eigenvalue weighted by molar-refractivity contribution is -0.117. The third-order valence-corrected chi connectivity index (χ3v) is 4.49. The summed E-state index contributed by atoms with van der Waals surface area (Å²) in [5.74, 6) is -0.348. The van der Waals surface area contributed by atoms with Gasteiger partial charge >= 0.3 is 17.1 Å². The molecule has 0 heterocycles. The standard InChI is InChI=1S/C4H10NO3PS.H3N.H2O4S/c1-4(6)5-9(7,8-2)10-3;;1-5(2,3)4/h1-3H3,(H,5,6,7);1H3;(H2,1,2,3,4). The second kappa shape index (κ2) is 8.93. The predicted molar refractivity (Wildman–Crippen MR) is 61.1 cm³/mol. The van der Waals surface area contributed by atoms with Gasteiger partial charge in [0.1, 0.15) is 0 Å². The molecule has 0 radical (unpaired) electrons. The van der Waals surface area contributed by atoms with E-state index in [4.69, 9.17) is 17.5 Å². The lowest BCUT2D eigenvalue weighted by Crippen LogP contribution is -2.15. The Hall–Kier alpha value is -0.160. The van der Waals surface area contributed by atoms with Gasteiger partial charge in [-0.15, -0.1) is 0 Å². The molecule has 16 heavy (non-hydrogen) atoms. The third-order valence-electron chi connectivity index (χ3n) is 0.775. The van der Waals surface area contributed by atoms with Gasteiger partial charge in [0.2, 0.25) is 5.91 Å². The average Bonchev–Trinajstić information content (AvgIpc) is 2.00.